The highest BCUT2D eigenvalue weighted by Gasteiger charge is 2.28. The van der Waals surface area contributed by atoms with Crippen LogP contribution >= 0.6 is 23.1 Å². The number of aromatic nitrogens is 1. The Hall–Kier alpha value is -0.0200. The van der Waals surface area contributed by atoms with E-state index in [1.54, 1.807) is 4.88 Å². The number of thiazole rings is 1. The molecule has 0 atom stereocenters. The van der Waals surface area contributed by atoms with Gasteiger partial charge in [0, 0.05) is 16.5 Å². The van der Waals surface area contributed by atoms with Crippen LogP contribution in [0.15, 0.2) is 0 Å². The largest absolute Gasteiger partial charge is 0.246 e. The Kier molecular flexibility index (Phi) is 1.69. The van der Waals surface area contributed by atoms with Crippen molar-refractivity contribution >= 4 is 23.1 Å². The predicted molar refractivity (Wildman–Crippen MR) is 54.0 cm³/mol. The van der Waals surface area contributed by atoms with Gasteiger partial charge in [-0.2, -0.15) is 11.8 Å². The third kappa shape index (κ3) is 1.19. The molecule has 0 radical (unpaired) electrons. The average Bonchev–Trinajstić information content (AvgIpc) is 2.85. The van der Waals surface area contributed by atoms with Gasteiger partial charge in [-0.25, -0.2) is 4.98 Å². The molecule has 0 unspecified atom stereocenters. The summed E-state index contributed by atoms with van der Waals surface area (Å²) in [5.41, 5.74) is 1.42. The highest BCUT2D eigenvalue weighted by molar-refractivity contribution is 7.98. The lowest BCUT2D eigenvalue weighted by Gasteiger charge is -2.06. The number of fused-ring (bicyclic) bond motifs is 1. The normalized spacial score (nSPS) is 22.3. The molecule has 0 bridgehead atoms. The van der Waals surface area contributed by atoms with Gasteiger partial charge in [0.15, 0.2) is 0 Å². The van der Waals surface area contributed by atoms with Crippen LogP contribution in [0.25, 0.3) is 0 Å². The van der Waals surface area contributed by atoms with Crippen molar-refractivity contribution in [2.24, 2.45) is 0 Å². The maximum Gasteiger partial charge on any atom is 0.0962 e. The molecule has 1 saturated carbocycles. The van der Waals surface area contributed by atoms with Crippen LogP contribution in [0.2, 0.25) is 0 Å². The van der Waals surface area contributed by atoms with Gasteiger partial charge in [-0.05, 0) is 25.0 Å². The summed E-state index contributed by atoms with van der Waals surface area (Å²) in [6.45, 7) is 0. The number of thioether (sulfide) groups is 1. The zero-order valence-corrected chi connectivity index (χ0v) is 8.51. The van der Waals surface area contributed by atoms with Gasteiger partial charge in [0.1, 0.15) is 0 Å². The van der Waals surface area contributed by atoms with Gasteiger partial charge in [0.25, 0.3) is 0 Å². The van der Waals surface area contributed by atoms with Gasteiger partial charge in [-0.15, -0.1) is 11.3 Å². The molecule has 3 heteroatoms. The van der Waals surface area contributed by atoms with E-state index in [4.69, 9.17) is 4.98 Å². The summed E-state index contributed by atoms with van der Waals surface area (Å²) in [7, 11) is 0. The first-order valence-electron chi connectivity index (χ1n) is 4.50. The van der Waals surface area contributed by atoms with E-state index in [-0.39, 0.29) is 0 Å². The van der Waals surface area contributed by atoms with Gasteiger partial charge in [0.2, 0.25) is 0 Å². The van der Waals surface area contributed by atoms with Crippen molar-refractivity contribution < 1.29 is 0 Å². The van der Waals surface area contributed by atoms with Gasteiger partial charge < -0.3 is 0 Å². The zero-order valence-electron chi connectivity index (χ0n) is 6.88. The summed E-state index contributed by atoms with van der Waals surface area (Å²) < 4.78 is 0. The van der Waals surface area contributed by atoms with Crippen molar-refractivity contribution in [3.05, 3.63) is 15.6 Å². The molecule has 64 valence electrons. The lowest BCUT2D eigenvalue weighted by Crippen LogP contribution is -1.99. The molecule has 0 N–H and O–H groups in total. The van der Waals surface area contributed by atoms with Crippen molar-refractivity contribution in [2.75, 3.05) is 5.75 Å². The Morgan fingerprint density at radius 3 is 3.00 bits per heavy atom. The summed E-state index contributed by atoms with van der Waals surface area (Å²) >= 11 is 4.03. The second kappa shape index (κ2) is 2.74. The molecule has 12 heavy (non-hydrogen) atoms. The smallest absolute Gasteiger partial charge is 0.0962 e. The monoisotopic (exact) mass is 197 g/mol. The van der Waals surface area contributed by atoms with Gasteiger partial charge in [0.05, 0.1) is 10.7 Å². The van der Waals surface area contributed by atoms with Crippen molar-refractivity contribution in [3.63, 3.8) is 0 Å². The summed E-state index contributed by atoms with van der Waals surface area (Å²) in [6, 6.07) is 0. The fourth-order valence-electron chi connectivity index (χ4n) is 1.55. The fourth-order valence-corrected chi connectivity index (χ4v) is 3.95. The summed E-state index contributed by atoms with van der Waals surface area (Å²) in [5.74, 6) is 3.35. The molecule has 0 spiro atoms. The van der Waals surface area contributed by atoms with E-state index >= 15 is 0 Å². The highest BCUT2D eigenvalue weighted by atomic mass is 32.2. The number of aryl methyl sites for hydroxylation is 1. The molecule has 0 saturated heterocycles. The van der Waals surface area contributed by atoms with E-state index < -0.39 is 0 Å². The van der Waals surface area contributed by atoms with Crippen molar-refractivity contribution in [2.45, 2.75) is 30.9 Å². The lowest BCUT2D eigenvalue weighted by atomic mass is 10.3. The Balaban J connectivity index is 1.97. The Bertz CT molecular complexity index is 278. The van der Waals surface area contributed by atoms with Crippen molar-refractivity contribution in [1.29, 1.82) is 0 Å². The first-order valence-corrected chi connectivity index (χ1v) is 6.47. The number of nitrogens with zero attached hydrogens (tertiary/aromatic N) is 1. The van der Waals surface area contributed by atoms with E-state index in [1.165, 1.54) is 41.5 Å². The molecular weight excluding hydrogens is 186 g/mol. The van der Waals surface area contributed by atoms with Crippen LogP contribution in [0.5, 0.6) is 0 Å². The molecule has 1 fully saturated rings. The van der Waals surface area contributed by atoms with Crippen LogP contribution < -0.4 is 0 Å². The zero-order chi connectivity index (χ0) is 7.97. The third-order valence-corrected chi connectivity index (χ3v) is 4.87. The third-order valence-electron chi connectivity index (χ3n) is 2.44. The lowest BCUT2D eigenvalue weighted by molar-refractivity contribution is 0.981. The second-order valence-electron chi connectivity index (χ2n) is 3.50. The molecular formula is C9H11NS2. The number of hydrogen-bond acceptors (Lipinski definition) is 3. The van der Waals surface area contributed by atoms with Gasteiger partial charge in [-0.1, -0.05) is 0 Å². The maximum absolute atomic E-state index is 4.72. The van der Waals surface area contributed by atoms with E-state index in [1.807, 2.05) is 11.3 Å². The number of rotatable bonds is 1. The summed E-state index contributed by atoms with van der Waals surface area (Å²) in [5, 5.41) is 1.43. The van der Waals surface area contributed by atoms with Crippen LogP contribution in [-0.4, -0.2) is 10.7 Å². The minimum absolute atomic E-state index is 0.852. The summed E-state index contributed by atoms with van der Waals surface area (Å²) in [6.07, 6.45) is 3.99. The minimum Gasteiger partial charge on any atom is -0.246 e. The standard InChI is InChI=1S/C9H11NS2/c1-2-6(1)9-10-7-3-4-11-5-8(7)12-9/h6H,1-5H2. The minimum atomic E-state index is 0.852. The topological polar surface area (TPSA) is 12.9 Å². The van der Waals surface area contributed by atoms with E-state index in [9.17, 15) is 0 Å². The number of hydrogen-bond donors (Lipinski definition) is 0. The highest BCUT2D eigenvalue weighted by Crippen LogP contribution is 2.44. The van der Waals surface area contributed by atoms with Crippen LogP contribution in [0.4, 0.5) is 0 Å². The van der Waals surface area contributed by atoms with E-state index in [2.05, 4.69) is 11.8 Å². The molecule has 1 aliphatic heterocycles. The molecule has 2 aliphatic rings. The quantitative estimate of drug-likeness (QED) is 0.686. The molecule has 3 rings (SSSR count). The van der Waals surface area contributed by atoms with Crippen LogP contribution in [0.1, 0.15) is 34.3 Å². The first kappa shape index (κ1) is 7.39. The van der Waals surface area contributed by atoms with E-state index in [0.29, 0.717) is 0 Å². The van der Waals surface area contributed by atoms with Crippen LogP contribution in [0.3, 0.4) is 0 Å². The molecule has 0 amide bonds. The first-order chi connectivity index (χ1) is 5.93. The Morgan fingerprint density at radius 1 is 1.33 bits per heavy atom. The second-order valence-corrected chi connectivity index (χ2v) is 5.72. The average molecular weight is 197 g/mol. The van der Waals surface area contributed by atoms with Gasteiger partial charge >= 0.3 is 0 Å². The fraction of sp³-hybridized carbons (Fsp3) is 0.667. The maximum atomic E-state index is 4.72. The Labute approximate surface area is 80.6 Å². The van der Waals surface area contributed by atoms with Crippen LogP contribution in [-0.2, 0) is 12.2 Å². The molecule has 0 aromatic carbocycles. The van der Waals surface area contributed by atoms with Crippen molar-refractivity contribution in [3.8, 4) is 0 Å². The molecule has 1 aliphatic carbocycles. The van der Waals surface area contributed by atoms with Gasteiger partial charge in [-0.3, -0.25) is 0 Å². The summed E-state index contributed by atoms with van der Waals surface area (Å²) in [4.78, 5) is 6.28. The SMILES string of the molecule is C1Cc2nc(C3CC3)sc2CS1. The van der Waals surface area contributed by atoms with E-state index in [0.717, 1.165) is 5.92 Å². The van der Waals surface area contributed by atoms with Crippen molar-refractivity contribution in [1.82, 2.24) is 4.98 Å². The Morgan fingerprint density at radius 2 is 2.25 bits per heavy atom. The molecule has 1 aromatic rings. The van der Waals surface area contributed by atoms with Crippen LogP contribution in [0, 0.1) is 0 Å². The molecule has 1 nitrogen and oxygen atoms in total. The predicted octanol–water partition coefficient (Wildman–Crippen LogP) is 2.81. The molecule has 2 heterocycles. The molecule has 1 aromatic heterocycles.